The number of benzene rings is 1. The third-order valence-corrected chi connectivity index (χ3v) is 4.35. The monoisotopic (exact) mass is 277 g/mol. The van der Waals surface area contributed by atoms with Gasteiger partial charge in [-0.05, 0) is 67.1 Å². The van der Waals surface area contributed by atoms with Crippen LogP contribution in [0.15, 0.2) is 28.2 Å². The van der Waals surface area contributed by atoms with E-state index in [-0.39, 0.29) is 0 Å². The maximum Gasteiger partial charge on any atom is 0.0286 e. The van der Waals surface area contributed by atoms with Gasteiger partial charge in [0.15, 0.2) is 0 Å². The summed E-state index contributed by atoms with van der Waals surface area (Å²) >= 11 is 3.58. The molecule has 0 fully saturated rings. The van der Waals surface area contributed by atoms with Crippen LogP contribution in [-0.4, -0.2) is 13.1 Å². The number of halogens is 1. The fourth-order valence-corrected chi connectivity index (χ4v) is 3.43. The van der Waals surface area contributed by atoms with Gasteiger partial charge in [-0.2, -0.15) is 0 Å². The molecule has 2 aliphatic carbocycles. The molecule has 2 heteroatoms. The van der Waals surface area contributed by atoms with Gasteiger partial charge in [0.05, 0.1) is 0 Å². The summed E-state index contributed by atoms with van der Waals surface area (Å²) in [4.78, 5) is 0. The van der Waals surface area contributed by atoms with Crippen LogP contribution < -0.4 is 5.32 Å². The van der Waals surface area contributed by atoms with Crippen LogP contribution >= 0.6 is 15.9 Å². The Morgan fingerprint density at radius 1 is 1.38 bits per heavy atom. The number of likely N-dealkylation sites (N-methyl/N-ethyl adjacent to an activating group) is 1. The SMILES string of the molecule is CNC1CCCC2=C1Cc1ccc(Br)cc12. The van der Waals surface area contributed by atoms with Crippen LogP contribution in [0.5, 0.6) is 0 Å². The number of hydrogen-bond acceptors (Lipinski definition) is 1. The van der Waals surface area contributed by atoms with Gasteiger partial charge in [-0.3, -0.25) is 0 Å². The summed E-state index contributed by atoms with van der Waals surface area (Å²) in [5, 5.41) is 3.46. The summed E-state index contributed by atoms with van der Waals surface area (Å²) in [6.07, 6.45) is 5.03. The van der Waals surface area contributed by atoms with Crippen molar-refractivity contribution in [1.82, 2.24) is 5.32 Å². The largest absolute Gasteiger partial charge is 0.313 e. The molecule has 1 N–H and O–H groups in total. The van der Waals surface area contributed by atoms with Gasteiger partial charge in [0.2, 0.25) is 0 Å². The molecule has 0 heterocycles. The predicted octanol–water partition coefficient (Wildman–Crippen LogP) is 3.53. The summed E-state index contributed by atoms with van der Waals surface area (Å²) < 4.78 is 1.20. The molecule has 2 aliphatic rings. The number of allylic oxidation sites excluding steroid dienone is 1. The van der Waals surface area contributed by atoms with Gasteiger partial charge in [-0.15, -0.1) is 0 Å². The number of fused-ring (bicyclic) bond motifs is 2. The predicted molar refractivity (Wildman–Crippen MR) is 71.5 cm³/mol. The van der Waals surface area contributed by atoms with Gasteiger partial charge in [0, 0.05) is 10.5 Å². The van der Waals surface area contributed by atoms with Crippen molar-refractivity contribution >= 4 is 21.5 Å². The summed E-state index contributed by atoms with van der Waals surface area (Å²) in [6.45, 7) is 0. The molecule has 0 amide bonds. The lowest BCUT2D eigenvalue weighted by molar-refractivity contribution is 0.543. The minimum Gasteiger partial charge on any atom is -0.313 e. The number of rotatable bonds is 1. The quantitative estimate of drug-likeness (QED) is 0.828. The van der Waals surface area contributed by atoms with E-state index in [0.29, 0.717) is 6.04 Å². The zero-order chi connectivity index (χ0) is 11.1. The Morgan fingerprint density at radius 3 is 3.06 bits per heavy atom. The fourth-order valence-electron chi connectivity index (χ4n) is 3.07. The number of hydrogen-bond donors (Lipinski definition) is 1. The average Bonchev–Trinajstić information content (AvgIpc) is 2.67. The normalized spacial score (nSPS) is 23.2. The standard InChI is InChI=1S/C14H16BrN/c1-16-14-4-2-3-11-12-8-10(15)6-5-9(12)7-13(11)14/h5-6,8,14,16H,2-4,7H2,1H3. The van der Waals surface area contributed by atoms with Crippen LogP contribution in [0.4, 0.5) is 0 Å². The molecule has 0 aromatic heterocycles. The van der Waals surface area contributed by atoms with Gasteiger partial charge >= 0.3 is 0 Å². The molecule has 1 atom stereocenters. The summed E-state index contributed by atoms with van der Waals surface area (Å²) in [6, 6.07) is 7.32. The molecule has 1 aromatic rings. The molecule has 0 spiro atoms. The van der Waals surface area contributed by atoms with Crippen molar-refractivity contribution in [2.24, 2.45) is 0 Å². The zero-order valence-corrected chi connectivity index (χ0v) is 11.1. The van der Waals surface area contributed by atoms with Gasteiger partial charge in [-0.25, -0.2) is 0 Å². The first kappa shape index (κ1) is 10.5. The third kappa shape index (κ3) is 1.56. The first-order valence-electron chi connectivity index (χ1n) is 5.97. The van der Waals surface area contributed by atoms with Crippen molar-refractivity contribution in [2.45, 2.75) is 31.7 Å². The highest BCUT2D eigenvalue weighted by Crippen LogP contribution is 2.42. The van der Waals surface area contributed by atoms with Crippen molar-refractivity contribution in [3.05, 3.63) is 39.4 Å². The van der Waals surface area contributed by atoms with Crippen molar-refractivity contribution in [3.8, 4) is 0 Å². The average molecular weight is 278 g/mol. The van der Waals surface area contributed by atoms with Crippen LogP contribution in [-0.2, 0) is 6.42 Å². The minimum atomic E-state index is 0.606. The summed E-state index contributed by atoms with van der Waals surface area (Å²) in [7, 11) is 2.08. The van der Waals surface area contributed by atoms with Gasteiger partial charge in [0.25, 0.3) is 0 Å². The minimum absolute atomic E-state index is 0.606. The Morgan fingerprint density at radius 2 is 2.25 bits per heavy atom. The van der Waals surface area contributed by atoms with Crippen LogP contribution in [0.3, 0.4) is 0 Å². The Balaban J connectivity index is 2.08. The van der Waals surface area contributed by atoms with E-state index < -0.39 is 0 Å². The smallest absolute Gasteiger partial charge is 0.0286 e. The second-order valence-corrected chi connectivity index (χ2v) is 5.63. The lowest BCUT2D eigenvalue weighted by Gasteiger charge is -2.24. The lowest BCUT2D eigenvalue weighted by atomic mass is 9.88. The topological polar surface area (TPSA) is 12.0 Å². The molecule has 3 rings (SSSR count). The molecular formula is C14H16BrN. The Bertz CT molecular complexity index is 462. The van der Waals surface area contributed by atoms with E-state index in [1.807, 2.05) is 0 Å². The van der Waals surface area contributed by atoms with E-state index in [0.717, 1.165) is 6.42 Å². The van der Waals surface area contributed by atoms with E-state index in [1.54, 1.807) is 11.1 Å². The Hall–Kier alpha value is -0.600. The maximum absolute atomic E-state index is 3.58. The van der Waals surface area contributed by atoms with E-state index >= 15 is 0 Å². The van der Waals surface area contributed by atoms with Crippen LogP contribution in [0.1, 0.15) is 30.4 Å². The molecule has 0 aliphatic heterocycles. The lowest BCUT2D eigenvalue weighted by Crippen LogP contribution is -2.29. The van der Waals surface area contributed by atoms with Crippen molar-refractivity contribution in [2.75, 3.05) is 7.05 Å². The van der Waals surface area contributed by atoms with Crippen LogP contribution in [0.2, 0.25) is 0 Å². The van der Waals surface area contributed by atoms with E-state index in [9.17, 15) is 0 Å². The second-order valence-electron chi connectivity index (χ2n) is 4.72. The van der Waals surface area contributed by atoms with Crippen molar-refractivity contribution in [3.63, 3.8) is 0 Å². The molecule has 84 valence electrons. The fraction of sp³-hybridized carbons (Fsp3) is 0.429. The molecule has 1 nitrogen and oxygen atoms in total. The third-order valence-electron chi connectivity index (χ3n) is 3.85. The van der Waals surface area contributed by atoms with E-state index in [4.69, 9.17) is 0 Å². The molecule has 0 saturated heterocycles. The molecule has 0 bridgehead atoms. The van der Waals surface area contributed by atoms with Crippen LogP contribution in [0, 0.1) is 0 Å². The first-order valence-corrected chi connectivity index (χ1v) is 6.77. The summed E-state index contributed by atoms with van der Waals surface area (Å²) in [5.74, 6) is 0. The molecule has 1 aromatic carbocycles. The molecular weight excluding hydrogens is 262 g/mol. The molecule has 0 saturated carbocycles. The molecule has 0 radical (unpaired) electrons. The van der Waals surface area contributed by atoms with Crippen molar-refractivity contribution in [1.29, 1.82) is 0 Å². The highest BCUT2D eigenvalue weighted by atomic mass is 79.9. The maximum atomic E-state index is 3.58. The van der Waals surface area contributed by atoms with Gasteiger partial charge in [0.1, 0.15) is 0 Å². The summed E-state index contributed by atoms with van der Waals surface area (Å²) in [5.41, 5.74) is 6.25. The molecule has 16 heavy (non-hydrogen) atoms. The van der Waals surface area contributed by atoms with E-state index in [2.05, 4.69) is 46.5 Å². The van der Waals surface area contributed by atoms with E-state index in [1.165, 1.54) is 34.9 Å². The Labute approximate surface area is 105 Å². The second kappa shape index (κ2) is 4.01. The highest BCUT2D eigenvalue weighted by Gasteiger charge is 2.29. The van der Waals surface area contributed by atoms with Crippen molar-refractivity contribution < 1.29 is 0 Å². The number of nitrogens with one attached hydrogen (secondary N) is 1. The Kier molecular flexibility index (Phi) is 2.64. The van der Waals surface area contributed by atoms with Gasteiger partial charge in [-0.1, -0.05) is 22.0 Å². The first-order chi connectivity index (χ1) is 7.79. The zero-order valence-electron chi connectivity index (χ0n) is 9.52. The van der Waals surface area contributed by atoms with Gasteiger partial charge < -0.3 is 5.32 Å². The molecule has 1 unspecified atom stereocenters. The van der Waals surface area contributed by atoms with Crippen LogP contribution in [0.25, 0.3) is 5.57 Å². The highest BCUT2D eigenvalue weighted by molar-refractivity contribution is 9.10.